The van der Waals surface area contributed by atoms with Crippen molar-refractivity contribution in [2.75, 3.05) is 11.9 Å². The third-order valence-electron chi connectivity index (χ3n) is 2.66. The van der Waals surface area contributed by atoms with Gasteiger partial charge in [0.15, 0.2) is 0 Å². The van der Waals surface area contributed by atoms with Crippen LogP contribution in [0.25, 0.3) is 0 Å². The quantitative estimate of drug-likeness (QED) is 0.842. The molecule has 0 radical (unpaired) electrons. The number of rotatable bonds is 6. The van der Waals surface area contributed by atoms with Crippen molar-refractivity contribution in [3.63, 3.8) is 0 Å². The van der Waals surface area contributed by atoms with Gasteiger partial charge in [0, 0.05) is 11.9 Å². The Balaban J connectivity index is 2.07. The third-order valence-corrected chi connectivity index (χ3v) is 2.66. The summed E-state index contributed by atoms with van der Waals surface area (Å²) >= 11 is 0. The molecule has 1 aromatic carbocycles. The van der Waals surface area contributed by atoms with E-state index in [4.69, 9.17) is 9.84 Å². The van der Waals surface area contributed by atoms with E-state index in [0.29, 0.717) is 18.0 Å². The van der Waals surface area contributed by atoms with Crippen molar-refractivity contribution in [3.8, 4) is 5.75 Å². The molecule has 0 atom stereocenters. The van der Waals surface area contributed by atoms with Crippen LogP contribution in [0.3, 0.4) is 0 Å². The standard InChI is InChI=1S/C14H15N3O4/c1-2-21-11-5-3-10(4-6-11)16-14(20)12-7-8-15-17(12)9-13(18)19/h3-8H,2,9H2,1H3,(H,16,20)(H,18,19). The number of carbonyl (C=O) groups excluding carboxylic acids is 1. The molecule has 0 aliphatic carbocycles. The first kappa shape index (κ1) is 14.6. The molecule has 1 aromatic heterocycles. The maximum absolute atomic E-state index is 12.1. The lowest BCUT2D eigenvalue weighted by Crippen LogP contribution is -2.20. The number of carbonyl (C=O) groups is 2. The molecule has 0 unspecified atom stereocenters. The lowest BCUT2D eigenvalue weighted by Gasteiger charge is -2.08. The fourth-order valence-corrected chi connectivity index (χ4v) is 1.78. The lowest BCUT2D eigenvalue weighted by molar-refractivity contribution is -0.137. The van der Waals surface area contributed by atoms with Gasteiger partial charge in [-0.3, -0.25) is 9.59 Å². The normalized spacial score (nSPS) is 10.1. The van der Waals surface area contributed by atoms with Crippen LogP contribution in [0.15, 0.2) is 36.5 Å². The highest BCUT2D eigenvalue weighted by Gasteiger charge is 2.14. The van der Waals surface area contributed by atoms with Crippen molar-refractivity contribution in [2.24, 2.45) is 0 Å². The zero-order valence-corrected chi connectivity index (χ0v) is 11.4. The number of ether oxygens (including phenoxy) is 1. The minimum absolute atomic E-state index is 0.186. The van der Waals surface area contributed by atoms with Crippen LogP contribution in [0.1, 0.15) is 17.4 Å². The van der Waals surface area contributed by atoms with E-state index >= 15 is 0 Å². The summed E-state index contributed by atoms with van der Waals surface area (Å²) in [4.78, 5) is 22.8. The molecule has 110 valence electrons. The Morgan fingerprint density at radius 1 is 1.29 bits per heavy atom. The van der Waals surface area contributed by atoms with Gasteiger partial charge in [0.25, 0.3) is 5.91 Å². The highest BCUT2D eigenvalue weighted by Crippen LogP contribution is 2.16. The minimum atomic E-state index is -1.06. The van der Waals surface area contributed by atoms with Gasteiger partial charge in [-0.1, -0.05) is 0 Å². The molecule has 2 N–H and O–H groups in total. The molecule has 2 rings (SSSR count). The number of carboxylic acid groups (broad SMARTS) is 1. The predicted molar refractivity (Wildman–Crippen MR) is 75.4 cm³/mol. The van der Waals surface area contributed by atoms with Crippen LogP contribution < -0.4 is 10.1 Å². The number of aliphatic carboxylic acids is 1. The van der Waals surface area contributed by atoms with Crippen LogP contribution in [-0.4, -0.2) is 33.4 Å². The number of hydrogen-bond donors (Lipinski definition) is 2. The molecule has 0 bridgehead atoms. The summed E-state index contributed by atoms with van der Waals surface area (Å²) in [6.45, 7) is 2.10. The molecule has 2 aromatic rings. The van der Waals surface area contributed by atoms with E-state index in [1.165, 1.54) is 12.3 Å². The molecule has 21 heavy (non-hydrogen) atoms. The monoisotopic (exact) mass is 289 g/mol. The van der Waals surface area contributed by atoms with E-state index in [1.807, 2.05) is 6.92 Å². The van der Waals surface area contributed by atoms with E-state index in [2.05, 4.69) is 10.4 Å². The van der Waals surface area contributed by atoms with Crippen LogP contribution in [0, 0.1) is 0 Å². The van der Waals surface area contributed by atoms with Crippen LogP contribution in [0.4, 0.5) is 5.69 Å². The van der Waals surface area contributed by atoms with Crippen molar-refractivity contribution >= 4 is 17.6 Å². The first-order valence-electron chi connectivity index (χ1n) is 6.38. The Kier molecular flexibility index (Phi) is 4.55. The van der Waals surface area contributed by atoms with E-state index in [0.717, 1.165) is 4.68 Å². The average molecular weight is 289 g/mol. The Morgan fingerprint density at radius 2 is 2.00 bits per heavy atom. The summed E-state index contributed by atoms with van der Waals surface area (Å²) in [6, 6.07) is 8.37. The molecule has 0 saturated carbocycles. The van der Waals surface area contributed by atoms with Gasteiger partial charge < -0.3 is 15.2 Å². The van der Waals surface area contributed by atoms with Gasteiger partial charge in [0.2, 0.25) is 0 Å². The molecule has 0 spiro atoms. The molecule has 7 heteroatoms. The highest BCUT2D eigenvalue weighted by molar-refractivity contribution is 6.03. The summed E-state index contributed by atoms with van der Waals surface area (Å²) < 4.78 is 6.44. The van der Waals surface area contributed by atoms with Gasteiger partial charge in [0.05, 0.1) is 6.61 Å². The van der Waals surface area contributed by atoms with Gasteiger partial charge in [-0.25, -0.2) is 4.68 Å². The van der Waals surface area contributed by atoms with Crippen LogP contribution in [0.2, 0.25) is 0 Å². The molecule has 0 saturated heterocycles. The number of anilines is 1. The fraction of sp³-hybridized carbons (Fsp3) is 0.214. The minimum Gasteiger partial charge on any atom is -0.494 e. The van der Waals surface area contributed by atoms with Crippen LogP contribution in [0.5, 0.6) is 5.75 Å². The van der Waals surface area contributed by atoms with Gasteiger partial charge in [0.1, 0.15) is 18.0 Å². The van der Waals surface area contributed by atoms with Crippen molar-refractivity contribution in [1.82, 2.24) is 9.78 Å². The molecule has 0 aliphatic rings. The number of hydrogen-bond acceptors (Lipinski definition) is 4. The number of nitrogens with zero attached hydrogens (tertiary/aromatic N) is 2. The second-order valence-corrected chi connectivity index (χ2v) is 4.18. The van der Waals surface area contributed by atoms with E-state index in [9.17, 15) is 9.59 Å². The Morgan fingerprint density at radius 3 is 2.62 bits per heavy atom. The average Bonchev–Trinajstić information content (AvgIpc) is 2.88. The Labute approximate surface area is 121 Å². The SMILES string of the molecule is CCOc1ccc(NC(=O)c2ccnn2CC(=O)O)cc1. The van der Waals surface area contributed by atoms with Crippen molar-refractivity contribution < 1.29 is 19.4 Å². The molecule has 7 nitrogen and oxygen atoms in total. The van der Waals surface area contributed by atoms with Crippen molar-refractivity contribution in [2.45, 2.75) is 13.5 Å². The van der Waals surface area contributed by atoms with Crippen LogP contribution >= 0.6 is 0 Å². The third kappa shape index (κ3) is 3.82. The van der Waals surface area contributed by atoms with E-state index in [-0.39, 0.29) is 12.2 Å². The number of amides is 1. The molecule has 1 heterocycles. The smallest absolute Gasteiger partial charge is 0.325 e. The molecular formula is C14H15N3O4. The second kappa shape index (κ2) is 6.56. The number of aromatic nitrogens is 2. The summed E-state index contributed by atoms with van der Waals surface area (Å²) in [5, 5.41) is 15.2. The predicted octanol–water partition coefficient (Wildman–Crippen LogP) is 1.62. The summed E-state index contributed by atoms with van der Waals surface area (Å²) in [5.74, 6) is -0.766. The first-order valence-corrected chi connectivity index (χ1v) is 6.38. The van der Waals surface area contributed by atoms with Crippen LogP contribution in [-0.2, 0) is 11.3 Å². The Bertz CT molecular complexity index is 634. The van der Waals surface area contributed by atoms with E-state index in [1.54, 1.807) is 24.3 Å². The molecule has 0 aliphatic heterocycles. The number of benzene rings is 1. The summed E-state index contributed by atoms with van der Waals surface area (Å²) in [5.41, 5.74) is 0.776. The maximum Gasteiger partial charge on any atom is 0.325 e. The Hall–Kier alpha value is -2.83. The number of nitrogens with one attached hydrogen (secondary N) is 1. The zero-order valence-electron chi connectivity index (χ0n) is 11.4. The fourth-order valence-electron chi connectivity index (χ4n) is 1.78. The largest absolute Gasteiger partial charge is 0.494 e. The van der Waals surface area contributed by atoms with Gasteiger partial charge >= 0.3 is 5.97 Å². The lowest BCUT2D eigenvalue weighted by atomic mass is 10.3. The molecular weight excluding hydrogens is 274 g/mol. The topological polar surface area (TPSA) is 93.5 Å². The van der Waals surface area contributed by atoms with E-state index < -0.39 is 11.9 Å². The van der Waals surface area contributed by atoms with Gasteiger partial charge in [-0.2, -0.15) is 5.10 Å². The maximum atomic E-state index is 12.1. The summed E-state index contributed by atoms with van der Waals surface area (Å²) in [7, 11) is 0. The van der Waals surface area contributed by atoms with Crippen molar-refractivity contribution in [1.29, 1.82) is 0 Å². The van der Waals surface area contributed by atoms with Gasteiger partial charge in [-0.15, -0.1) is 0 Å². The number of carboxylic acids is 1. The highest BCUT2D eigenvalue weighted by atomic mass is 16.5. The first-order chi connectivity index (χ1) is 10.1. The second-order valence-electron chi connectivity index (χ2n) is 4.18. The zero-order chi connectivity index (χ0) is 15.2. The summed E-state index contributed by atoms with van der Waals surface area (Å²) in [6.07, 6.45) is 1.38. The van der Waals surface area contributed by atoms with Gasteiger partial charge in [-0.05, 0) is 37.3 Å². The molecule has 0 fully saturated rings. The van der Waals surface area contributed by atoms with Crippen molar-refractivity contribution in [3.05, 3.63) is 42.2 Å². The molecule has 1 amide bonds.